The maximum atomic E-state index is 6.16. The van der Waals surface area contributed by atoms with Crippen molar-refractivity contribution in [3.63, 3.8) is 0 Å². The molecule has 1 aromatic carbocycles. The fraction of sp³-hybridized carbons (Fsp3) is 0.273. The third-order valence-corrected chi connectivity index (χ3v) is 3.89. The maximum Gasteiger partial charge on any atom is 0.0915 e. The number of rotatable bonds is 4. The molecule has 90 valence electrons. The molecule has 1 atom stereocenters. The first kappa shape index (κ1) is 12.8. The van der Waals surface area contributed by atoms with Crippen molar-refractivity contribution < 1.29 is 0 Å². The van der Waals surface area contributed by atoms with Crippen LogP contribution >= 0.6 is 34.9 Å². The maximum absolute atomic E-state index is 6.16. The number of benzene rings is 1. The summed E-state index contributed by atoms with van der Waals surface area (Å²) in [5, 5.41) is 4.39. The van der Waals surface area contributed by atoms with Gasteiger partial charge in [0.05, 0.1) is 39.7 Å². The molecule has 0 fully saturated rings. The zero-order valence-corrected chi connectivity index (χ0v) is 11.5. The summed E-state index contributed by atoms with van der Waals surface area (Å²) in [6.45, 7) is 0. The van der Waals surface area contributed by atoms with E-state index < -0.39 is 0 Å². The Morgan fingerprint density at radius 3 is 2.88 bits per heavy atom. The predicted octanol–water partition coefficient (Wildman–Crippen LogP) is 3.35. The van der Waals surface area contributed by atoms with E-state index in [1.165, 1.54) is 11.7 Å². The molecule has 0 aliphatic carbocycles. The van der Waals surface area contributed by atoms with E-state index in [1.807, 2.05) is 19.2 Å². The number of nitrogens with zero attached hydrogens (tertiary/aromatic N) is 2. The second kappa shape index (κ2) is 5.78. The number of hydrogen-bond donors (Lipinski definition) is 1. The minimum atomic E-state index is 0.102. The van der Waals surface area contributed by atoms with Gasteiger partial charge in [-0.25, -0.2) is 0 Å². The molecule has 0 aliphatic rings. The van der Waals surface area contributed by atoms with E-state index in [0.717, 1.165) is 17.7 Å². The van der Waals surface area contributed by atoms with Crippen molar-refractivity contribution in [3.8, 4) is 0 Å². The van der Waals surface area contributed by atoms with Gasteiger partial charge in [0.2, 0.25) is 0 Å². The molecule has 0 aliphatic heterocycles. The van der Waals surface area contributed by atoms with E-state index in [0.29, 0.717) is 10.0 Å². The van der Waals surface area contributed by atoms with Gasteiger partial charge in [0.25, 0.3) is 0 Å². The summed E-state index contributed by atoms with van der Waals surface area (Å²) in [6.07, 6.45) is 2.51. The molecular formula is C11H11Cl2N3S. The van der Waals surface area contributed by atoms with Crippen molar-refractivity contribution >= 4 is 34.9 Å². The summed E-state index contributed by atoms with van der Waals surface area (Å²) in [5.74, 6) is 0. The summed E-state index contributed by atoms with van der Waals surface area (Å²) in [4.78, 5) is 0. The van der Waals surface area contributed by atoms with E-state index in [4.69, 9.17) is 23.2 Å². The standard InChI is InChI=1S/C11H11Cl2N3S/c1-14-9(10-6-15-17-16-10)5-7-3-2-4-8(12)11(7)13/h2-4,6,9,14H,5H2,1H3. The zero-order chi connectivity index (χ0) is 12.3. The van der Waals surface area contributed by atoms with Crippen LogP contribution in [-0.2, 0) is 6.42 Å². The van der Waals surface area contributed by atoms with Gasteiger partial charge < -0.3 is 5.32 Å². The fourth-order valence-electron chi connectivity index (χ4n) is 1.61. The molecule has 2 rings (SSSR count). The van der Waals surface area contributed by atoms with Gasteiger partial charge in [0, 0.05) is 0 Å². The molecule has 0 radical (unpaired) electrons. The van der Waals surface area contributed by atoms with E-state index >= 15 is 0 Å². The Morgan fingerprint density at radius 2 is 2.24 bits per heavy atom. The average molecular weight is 288 g/mol. The lowest BCUT2D eigenvalue weighted by Gasteiger charge is -2.14. The molecule has 6 heteroatoms. The third-order valence-electron chi connectivity index (χ3n) is 2.54. The van der Waals surface area contributed by atoms with Gasteiger partial charge in [-0.1, -0.05) is 35.3 Å². The van der Waals surface area contributed by atoms with Crippen molar-refractivity contribution in [3.05, 3.63) is 45.7 Å². The third kappa shape index (κ3) is 2.96. The van der Waals surface area contributed by atoms with Gasteiger partial charge >= 0.3 is 0 Å². The molecule has 0 spiro atoms. The molecule has 0 amide bonds. The molecule has 0 bridgehead atoms. The SMILES string of the molecule is CNC(Cc1cccc(Cl)c1Cl)c1cnsn1. The highest BCUT2D eigenvalue weighted by Crippen LogP contribution is 2.28. The summed E-state index contributed by atoms with van der Waals surface area (Å²) < 4.78 is 8.23. The topological polar surface area (TPSA) is 37.8 Å². The Bertz CT molecular complexity index is 487. The number of halogens is 2. The van der Waals surface area contributed by atoms with Crippen molar-refractivity contribution in [1.29, 1.82) is 0 Å². The van der Waals surface area contributed by atoms with Gasteiger partial charge in [0.15, 0.2) is 0 Å². The van der Waals surface area contributed by atoms with Crippen LogP contribution in [0.4, 0.5) is 0 Å². The van der Waals surface area contributed by atoms with Crippen molar-refractivity contribution in [2.75, 3.05) is 7.05 Å². The highest BCUT2D eigenvalue weighted by atomic mass is 35.5. The van der Waals surface area contributed by atoms with Crippen LogP contribution < -0.4 is 5.32 Å². The van der Waals surface area contributed by atoms with Gasteiger partial charge in [0.1, 0.15) is 0 Å². The highest BCUT2D eigenvalue weighted by molar-refractivity contribution is 6.99. The van der Waals surface area contributed by atoms with Crippen LogP contribution in [0.5, 0.6) is 0 Å². The Labute approximate surface area is 114 Å². The van der Waals surface area contributed by atoms with Crippen LogP contribution in [0.1, 0.15) is 17.3 Å². The average Bonchev–Trinajstić information content (AvgIpc) is 2.85. The van der Waals surface area contributed by atoms with Crippen LogP contribution in [-0.4, -0.2) is 15.8 Å². The first-order valence-electron chi connectivity index (χ1n) is 5.10. The molecule has 2 aromatic rings. The van der Waals surface area contributed by atoms with Crippen molar-refractivity contribution in [2.45, 2.75) is 12.5 Å². The number of hydrogen-bond acceptors (Lipinski definition) is 4. The van der Waals surface area contributed by atoms with Crippen LogP contribution in [0.2, 0.25) is 10.0 Å². The lowest BCUT2D eigenvalue weighted by atomic mass is 10.0. The summed E-state index contributed by atoms with van der Waals surface area (Å²) in [6, 6.07) is 5.75. The highest BCUT2D eigenvalue weighted by Gasteiger charge is 2.15. The minimum Gasteiger partial charge on any atom is -0.311 e. The van der Waals surface area contributed by atoms with E-state index in [-0.39, 0.29) is 6.04 Å². The molecular weight excluding hydrogens is 277 g/mol. The lowest BCUT2D eigenvalue weighted by Crippen LogP contribution is -2.19. The number of aromatic nitrogens is 2. The quantitative estimate of drug-likeness (QED) is 0.937. The van der Waals surface area contributed by atoms with Crippen LogP contribution in [0.15, 0.2) is 24.4 Å². The van der Waals surface area contributed by atoms with Crippen LogP contribution in [0.3, 0.4) is 0 Å². The molecule has 1 heterocycles. The molecule has 1 aromatic heterocycles. The van der Waals surface area contributed by atoms with Crippen molar-refractivity contribution in [2.24, 2.45) is 0 Å². The number of likely N-dealkylation sites (N-methyl/N-ethyl adjacent to an activating group) is 1. The Hall–Kier alpha value is -0.680. The monoisotopic (exact) mass is 287 g/mol. The second-order valence-corrected chi connectivity index (χ2v) is 4.93. The Kier molecular flexibility index (Phi) is 4.34. The summed E-state index contributed by atoms with van der Waals surface area (Å²) >= 11 is 13.4. The van der Waals surface area contributed by atoms with Crippen molar-refractivity contribution in [1.82, 2.24) is 14.1 Å². The largest absolute Gasteiger partial charge is 0.311 e. The molecule has 0 saturated carbocycles. The summed E-state index contributed by atoms with van der Waals surface area (Å²) in [5.41, 5.74) is 1.93. The normalized spacial score (nSPS) is 12.6. The van der Waals surface area contributed by atoms with Gasteiger partial charge in [-0.05, 0) is 25.1 Å². The van der Waals surface area contributed by atoms with Crippen LogP contribution in [0, 0.1) is 0 Å². The smallest absolute Gasteiger partial charge is 0.0915 e. The minimum absolute atomic E-state index is 0.102. The zero-order valence-electron chi connectivity index (χ0n) is 9.15. The molecule has 1 unspecified atom stereocenters. The first-order chi connectivity index (χ1) is 8.22. The fourth-order valence-corrected chi connectivity index (χ4v) is 2.47. The number of nitrogens with one attached hydrogen (secondary N) is 1. The Morgan fingerprint density at radius 1 is 1.41 bits per heavy atom. The summed E-state index contributed by atoms with van der Waals surface area (Å²) in [7, 11) is 1.89. The molecule has 0 saturated heterocycles. The Balaban J connectivity index is 2.22. The van der Waals surface area contributed by atoms with E-state index in [1.54, 1.807) is 12.3 Å². The van der Waals surface area contributed by atoms with E-state index in [9.17, 15) is 0 Å². The molecule has 3 nitrogen and oxygen atoms in total. The van der Waals surface area contributed by atoms with E-state index in [2.05, 4.69) is 14.1 Å². The van der Waals surface area contributed by atoms with Gasteiger partial charge in [-0.15, -0.1) is 0 Å². The first-order valence-corrected chi connectivity index (χ1v) is 6.58. The van der Waals surface area contributed by atoms with Gasteiger partial charge in [-0.3, -0.25) is 0 Å². The van der Waals surface area contributed by atoms with Gasteiger partial charge in [-0.2, -0.15) is 8.75 Å². The molecule has 17 heavy (non-hydrogen) atoms. The van der Waals surface area contributed by atoms with Crippen LogP contribution in [0.25, 0.3) is 0 Å². The lowest BCUT2D eigenvalue weighted by molar-refractivity contribution is 0.580. The second-order valence-electron chi connectivity index (χ2n) is 3.59. The predicted molar refractivity (Wildman–Crippen MR) is 71.9 cm³/mol. The molecule has 1 N–H and O–H groups in total.